The largest absolute Gasteiger partial charge is 0.502 e. The van der Waals surface area contributed by atoms with E-state index in [1.165, 1.54) is 16.6 Å². The Morgan fingerprint density at radius 1 is 1.45 bits per heavy atom. The summed E-state index contributed by atoms with van der Waals surface area (Å²) in [7, 11) is 0. The van der Waals surface area contributed by atoms with Crippen molar-refractivity contribution < 1.29 is 5.11 Å². The second kappa shape index (κ2) is 3.13. The van der Waals surface area contributed by atoms with Gasteiger partial charge in [-0.3, -0.25) is 0 Å². The van der Waals surface area contributed by atoms with Crippen molar-refractivity contribution in [2.45, 2.75) is 4.58 Å². The molecule has 0 saturated carbocycles. The number of aliphatic hydroxyl groups is 1. The van der Waals surface area contributed by atoms with Crippen LogP contribution in [0.25, 0.3) is 0 Å². The standard InChI is InChI=1S/C7H6OS3/c8-6-4-10-7(11-6)5-2-1-3-9-5/h1-4,7-8H. The van der Waals surface area contributed by atoms with Crippen LogP contribution in [0.15, 0.2) is 28.0 Å². The van der Waals surface area contributed by atoms with Crippen LogP contribution in [-0.4, -0.2) is 5.11 Å². The van der Waals surface area contributed by atoms with Crippen LogP contribution in [-0.2, 0) is 0 Å². The van der Waals surface area contributed by atoms with Crippen LogP contribution in [0.4, 0.5) is 0 Å². The number of thioether (sulfide) groups is 2. The third kappa shape index (κ3) is 1.58. The van der Waals surface area contributed by atoms with E-state index in [1.54, 1.807) is 28.5 Å². The van der Waals surface area contributed by atoms with Crippen LogP contribution < -0.4 is 0 Å². The minimum absolute atomic E-state index is 0.384. The molecule has 2 rings (SSSR count). The topological polar surface area (TPSA) is 20.2 Å². The van der Waals surface area contributed by atoms with Crippen molar-refractivity contribution >= 4 is 34.9 Å². The Hall–Kier alpha value is -0.0600. The molecule has 0 amide bonds. The highest BCUT2D eigenvalue weighted by Gasteiger charge is 2.20. The molecule has 1 aliphatic rings. The zero-order valence-electron chi connectivity index (χ0n) is 5.56. The Kier molecular flexibility index (Phi) is 2.16. The molecule has 4 heteroatoms. The number of hydrogen-bond donors (Lipinski definition) is 1. The molecule has 0 aromatic carbocycles. The molecule has 1 nitrogen and oxygen atoms in total. The highest BCUT2D eigenvalue weighted by Crippen LogP contribution is 2.50. The molecule has 1 aliphatic heterocycles. The van der Waals surface area contributed by atoms with Gasteiger partial charge in [0.05, 0.1) is 4.58 Å². The molecular formula is C7H6OS3. The zero-order chi connectivity index (χ0) is 7.68. The summed E-state index contributed by atoms with van der Waals surface area (Å²) in [5, 5.41) is 13.4. The van der Waals surface area contributed by atoms with Crippen molar-refractivity contribution in [2.75, 3.05) is 0 Å². The van der Waals surface area contributed by atoms with E-state index in [-0.39, 0.29) is 0 Å². The number of thiophene rings is 1. The van der Waals surface area contributed by atoms with Crippen LogP contribution >= 0.6 is 34.9 Å². The van der Waals surface area contributed by atoms with E-state index < -0.39 is 0 Å². The van der Waals surface area contributed by atoms with E-state index in [9.17, 15) is 0 Å². The van der Waals surface area contributed by atoms with Crippen LogP contribution in [0.2, 0.25) is 0 Å². The lowest BCUT2D eigenvalue weighted by atomic mass is 10.5. The summed E-state index contributed by atoms with van der Waals surface area (Å²) in [6.45, 7) is 0. The fourth-order valence-corrected chi connectivity index (χ4v) is 4.00. The van der Waals surface area contributed by atoms with Crippen molar-refractivity contribution in [3.05, 3.63) is 32.9 Å². The first-order chi connectivity index (χ1) is 5.36. The van der Waals surface area contributed by atoms with E-state index in [2.05, 4.69) is 11.4 Å². The molecule has 0 radical (unpaired) electrons. The molecule has 11 heavy (non-hydrogen) atoms. The molecule has 0 bridgehead atoms. The van der Waals surface area contributed by atoms with Gasteiger partial charge >= 0.3 is 0 Å². The van der Waals surface area contributed by atoms with Gasteiger partial charge < -0.3 is 5.11 Å². The Morgan fingerprint density at radius 3 is 2.91 bits per heavy atom. The quantitative estimate of drug-likeness (QED) is 0.751. The van der Waals surface area contributed by atoms with Crippen LogP contribution in [0, 0.1) is 0 Å². The van der Waals surface area contributed by atoms with Gasteiger partial charge in [-0.1, -0.05) is 17.8 Å². The van der Waals surface area contributed by atoms with Crippen molar-refractivity contribution in [3.8, 4) is 0 Å². The highest BCUT2D eigenvalue weighted by molar-refractivity contribution is 8.22. The van der Waals surface area contributed by atoms with Gasteiger partial charge in [0.15, 0.2) is 5.09 Å². The molecule has 58 valence electrons. The van der Waals surface area contributed by atoms with E-state index in [0.717, 1.165) is 0 Å². The normalized spacial score (nSPS) is 23.6. The lowest BCUT2D eigenvalue weighted by Crippen LogP contribution is -1.76. The lowest BCUT2D eigenvalue weighted by Gasteiger charge is -2.02. The Bertz CT molecular complexity index is 265. The minimum Gasteiger partial charge on any atom is -0.502 e. The Labute approximate surface area is 77.5 Å². The SMILES string of the molecule is OC1=CSC(c2cccs2)S1. The molecule has 2 heterocycles. The molecule has 1 N–H and O–H groups in total. The maximum absolute atomic E-state index is 9.11. The molecular weight excluding hydrogens is 196 g/mol. The monoisotopic (exact) mass is 202 g/mol. The molecule has 0 spiro atoms. The van der Waals surface area contributed by atoms with Gasteiger partial charge in [-0.2, -0.15) is 0 Å². The van der Waals surface area contributed by atoms with Gasteiger partial charge in [0, 0.05) is 10.3 Å². The Balaban J connectivity index is 2.11. The van der Waals surface area contributed by atoms with Gasteiger partial charge in [-0.25, -0.2) is 0 Å². The van der Waals surface area contributed by atoms with E-state index in [4.69, 9.17) is 5.11 Å². The zero-order valence-corrected chi connectivity index (χ0v) is 8.01. The van der Waals surface area contributed by atoms with Crippen molar-refractivity contribution in [1.29, 1.82) is 0 Å². The molecule has 1 unspecified atom stereocenters. The molecule has 1 atom stereocenters. The first-order valence-electron chi connectivity index (χ1n) is 3.11. The van der Waals surface area contributed by atoms with E-state index >= 15 is 0 Å². The van der Waals surface area contributed by atoms with Crippen LogP contribution in [0.5, 0.6) is 0 Å². The smallest absolute Gasteiger partial charge is 0.157 e. The summed E-state index contributed by atoms with van der Waals surface area (Å²) in [6, 6.07) is 4.14. The Morgan fingerprint density at radius 2 is 2.36 bits per heavy atom. The molecule has 0 saturated heterocycles. The average molecular weight is 202 g/mol. The minimum atomic E-state index is 0.384. The first-order valence-corrected chi connectivity index (χ1v) is 5.81. The average Bonchev–Trinajstić information content (AvgIpc) is 2.55. The van der Waals surface area contributed by atoms with Gasteiger partial charge in [0.1, 0.15) is 0 Å². The third-order valence-electron chi connectivity index (χ3n) is 1.30. The lowest BCUT2D eigenvalue weighted by molar-refractivity contribution is 0.458. The number of rotatable bonds is 1. The van der Waals surface area contributed by atoms with Gasteiger partial charge in [-0.05, 0) is 11.4 Å². The number of hydrogen-bond acceptors (Lipinski definition) is 4. The van der Waals surface area contributed by atoms with Crippen molar-refractivity contribution in [3.63, 3.8) is 0 Å². The molecule has 0 aliphatic carbocycles. The van der Waals surface area contributed by atoms with E-state index in [0.29, 0.717) is 9.67 Å². The molecule has 1 aromatic rings. The fraction of sp³-hybridized carbons (Fsp3) is 0.143. The maximum Gasteiger partial charge on any atom is 0.157 e. The number of aliphatic hydroxyl groups excluding tert-OH is 1. The van der Waals surface area contributed by atoms with Crippen molar-refractivity contribution in [2.24, 2.45) is 0 Å². The summed E-state index contributed by atoms with van der Waals surface area (Å²) in [5.74, 6) is 0. The maximum atomic E-state index is 9.11. The summed E-state index contributed by atoms with van der Waals surface area (Å²) < 4.78 is 0.384. The second-order valence-electron chi connectivity index (χ2n) is 2.06. The third-order valence-corrected chi connectivity index (χ3v) is 4.99. The summed E-state index contributed by atoms with van der Waals surface area (Å²) >= 11 is 4.92. The van der Waals surface area contributed by atoms with Crippen LogP contribution in [0.1, 0.15) is 9.46 Å². The summed E-state index contributed by atoms with van der Waals surface area (Å²) in [5.41, 5.74) is 0. The highest BCUT2D eigenvalue weighted by atomic mass is 32.2. The molecule has 1 aromatic heterocycles. The van der Waals surface area contributed by atoms with Gasteiger partial charge in [-0.15, -0.1) is 23.1 Å². The van der Waals surface area contributed by atoms with E-state index in [1.807, 2.05) is 6.07 Å². The van der Waals surface area contributed by atoms with Crippen molar-refractivity contribution in [1.82, 2.24) is 0 Å². The fourth-order valence-electron chi connectivity index (χ4n) is 0.836. The summed E-state index contributed by atoms with van der Waals surface area (Å²) in [6.07, 6.45) is 0. The van der Waals surface area contributed by atoms with Crippen LogP contribution in [0.3, 0.4) is 0 Å². The van der Waals surface area contributed by atoms with Gasteiger partial charge in [0.2, 0.25) is 0 Å². The second-order valence-corrected chi connectivity index (χ2v) is 5.44. The first kappa shape index (κ1) is 7.58. The van der Waals surface area contributed by atoms with Gasteiger partial charge in [0.25, 0.3) is 0 Å². The predicted molar refractivity (Wildman–Crippen MR) is 53.0 cm³/mol. The predicted octanol–water partition coefficient (Wildman–Crippen LogP) is 3.58. The summed E-state index contributed by atoms with van der Waals surface area (Å²) in [4.78, 5) is 1.32. The molecule has 0 fully saturated rings.